The first-order valence-corrected chi connectivity index (χ1v) is 7.81. The second kappa shape index (κ2) is 5.68. The normalized spacial score (nSPS) is 11.5. The van der Waals surface area contributed by atoms with Gasteiger partial charge in [0.25, 0.3) is 9.05 Å². The summed E-state index contributed by atoms with van der Waals surface area (Å²) in [6, 6.07) is 3.01. The Hall–Kier alpha value is 0.180. The highest BCUT2D eigenvalue weighted by Crippen LogP contribution is 2.37. The number of benzene rings is 1. The molecule has 16 heavy (non-hydrogen) atoms. The fourth-order valence-corrected chi connectivity index (χ4v) is 3.60. The van der Waals surface area contributed by atoms with E-state index in [4.69, 9.17) is 20.2 Å². The zero-order valence-electron chi connectivity index (χ0n) is 8.04. The quantitative estimate of drug-likeness (QED) is 0.582. The Balaban J connectivity index is 3.33. The summed E-state index contributed by atoms with van der Waals surface area (Å²) in [5.41, 5.74) is 0. The van der Waals surface area contributed by atoms with Gasteiger partial charge in [-0.25, -0.2) is 8.42 Å². The van der Waals surface area contributed by atoms with Crippen molar-refractivity contribution in [3.63, 3.8) is 0 Å². The molecule has 90 valence electrons. The van der Waals surface area contributed by atoms with Crippen LogP contribution in [0.4, 0.5) is 0 Å². The smallest absolute Gasteiger partial charge is 0.265 e. The zero-order valence-corrected chi connectivity index (χ0v) is 12.8. The van der Waals surface area contributed by atoms with E-state index in [9.17, 15) is 8.42 Å². The monoisotopic (exact) mass is 392 g/mol. The molecule has 1 rings (SSSR count). The van der Waals surface area contributed by atoms with Gasteiger partial charge in [-0.1, -0.05) is 15.9 Å². The van der Waals surface area contributed by atoms with E-state index in [1.165, 1.54) is 13.2 Å². The lowest BCUT2D eigenvalue weighted by atomic mass is 10.3. The maximum atomic E-state index is 11.3. The van der Waals surface area contributed by atoms with Crippen LogP contribution in [0.2, 0.25) is 0 Å². The molecule has 0 aromatic heterocycles. The van der Waals surface area contributed by atoms with Crippen LogP contribution < -0.4 is 4.74 Å². The molecule has 0 aliphatic rings. The molecule has 1 aromatic rings. The van der Waals surface area contributed by atoms with Gasteiger partial charge in [-0.05, 0) is 28.1 Å². The minimum Gasteiger partial charge on any atom is -0.465 e. The van der Waals surface area contributed by atoms with E-state index in [1.54, 1.807) is 6.07 Å². The molecule has 8 heteroatoms. The summed E-state index contributed by atoms with van der Waals surface area (Å²) in [6.07, 6.45) is 0. The lowest BCUT2D eigenvalue weighted by Gasteiger charge is -2.11. The molecule has 0 atom stereocenters. The number of halogens is 3. The molecule has 0 aliphatic heterocycles. The summed E-state index contributed by atoms with van der Waals surface area (Å²) >= 11 is 6.35. The fourth-order valence-electron chi connectivity index (χ4n) is 0.976. The second-order valence-corrected chi connectivity index (χ2v) is 7.01. The van der Waals surface area contributed by atoms with Crippen molar-refractivity contribution in [2.45, 2.75) is 4.90 Å². The Bertz CT molecular complexity index is 489. The molecule has 0 unspecified atom stereocenters. The third-order valence-electron chi connectivity index (χ3n) is 1.56. The Morgan fingerprint density at radius 1 is 1.38 bits per heavy atom. The summed E-state index contributed by atoms with van der Waals surface area (Å²) in [5.74, 6) is 0.125. The van der Waals surface area contributed by atoms with E-state index in [-0.39, 0.29) is 17.4 Å². The average Bonchev–Trinajstić information content (AvgIpc) is 2.14. The Morgan fingerprint density at radius 2 is 2.00 bits per heavy atom. The van der Waals surface area contributed by atoms with Crippen LogP contribution in [0.25, 0.3) is 0 Å². The van der Waals surface area contributed by atoms with Gasteiger partial charge in [0.05, 0.1) is 4.47 Å². The number of hydrogen-bond donors (Lipinski definition) is 0. The van der Waals surface area contributed by atoms with Gasteiger partial charge in [0.2, 0.25) is 0 Å². The van der Waals surface area contributed by atoms with E-state index in [0.717, 1.165) is 0 Å². The van der Waals surface area contributed by atoms with Crippen molar-refractivity contribution >= 4 is 51.6 Å². The molecule has 0 saturated carbocycles. The van der Waals surface area contributed by atoms with Crippen molar-refractivity contribution < 1.29 is 17.9 Å². The van der Waals surface area contributed by atoms with Gasteiger partial charge in [-0.2, -0.15) is 0 Å². The topological polar surface area (TPSA) is 52.6 Å². The molecular weight excluding hydrogens is 387 g/mol. The third-order valence-corrected chi connectivity index (χ3v) is 3.93. The van der Waals surface area contributed by atoms with Crippen molar-refractivity contribution in [3.05, 3.63) is 21.1 Å². The van der Waals surface area contributed by atoms with Crippen LogP contribution in [0.15, 0.2) is 26.0 Å². The van der Waals surface area contributed by atoms with Crippen molar-refractivity contribution in [3.8, 4) is 5.75 Å². The van der Waals surface area contributed by atoms with E-state index in [2.05, 4.69) is 31.9 Å². The minimum atomic E-state index is -3.88. The van der Waals surface area contributed by atoms with Crippen LogP contribution in [-0.4, -0.2) is 22.3 Å². The largest absolute Gasteiger partial charge is 0.465 e. The molecule has 0 bridgehead atoms. The first kappa shape index (κ1) is 14.2. The minimum absolute atomic E-state index is 0.0698. The highest BCUT2D eigenvalue weighted by molar-refractivity contribution is 9.11. The number of methoxy groups -OCH3 is 1. The lowest BCUT2D eigenvalue weighted by Crippen LogP contribution is -2.04. The third kappa shape index (κ3) is 3.59. The van der Waals surface area contributed by atoms with Gasteiger partial charge in [-0.15, -0.1) is 0 Å². The van der Waals surface area contributed by atoms with Crippen molar-refractivity contribution in [2.24, 2.45) is 0 Å². The summed E-state index contributed by atoms with van der Waals surface area (Å²) in [5, 5.41) is 0. The van der Waals surface area contributed by atoms with Crippen molar-refractivity contribution in [1.29, 1.82) is 0 Å². The Morgan fingerprint density at radius 3 is 2.50 bits per heavy atom. The Labute approximate surface area is 115 Å². The number of rotatable bonds is 4. The molecule has 4 nitrogen and oxygen atoms in total. The molecule has 0 aliphatic carbocycles. The number of hydrogen-bond acceptors (Lipinski definition) is 4. The van der Waals surface area contributed by atoms with Gasteiger partial charge < -0.3 is 9.47 Å². The maximum Gasteiger partial charge on any atom is 0.265 e. The SMILES string of the molecule is COCOc1c(Br)cc(Br)cc1S(=O)(=O)Cl. The highest BCUT2D eigenvalue weighted by atomic mass is 79.9. The van der Waals surface area contributed by atoms with Crippen LogP contribution in [-0.2, 0) is 13.8 Å². The van der Waals surface area contributed by atoms with Crippen LogP contribution in [0.3, 0.4) is 0 Å². The van der Waals surface area contributed by atoms with Gasteiger partial charge in [0.1, 0.15) is 4.90 Å². The van der Waals surface area contributed by atoms with Crippen molar-refractivity contribution in [1.82, 2.24) is 0 Å². The van der Waals surface area contributed by atoms with Gasteiger partial charge >= 0.3 is 0 Å². The molecule has 0 N–H and O–H groups in total. The summed E-state index contributed by atoms with van der Waals surface area (Å²) in [4.78, 5) is -0.118. The van der Waals surface area contributed by atoms with Crippen LogP contribution in [0.1, 0.15) is 0 Å². The second-order valence-electron chi connectivity index (χ2n) is 2.70. The average molecular weight is 394 g/mol. The molecule has 0 heterocycles. The van der Waals surface area contributed by atoms with E-state index >= 15 is 0 Å². The molecule has 0 saturated heterocycles. The first-order valence-electron chi connectivity index (χ1n) is 3.91. The molecule has 0 amide bonds. The molecule has 0 spiro atoms. The van der Waals surface area contributed by atoms with Crippen molar-refractivity contribution in [2.75, 3.05) is 13.9 Å². The summed E-state index contributed by atoms with van der Waals surface area (Å²) < 4.78 is 33.5. The maximum absolute atomic E-state index is 11.3. The van der Waals surface area contributed by atoms with Crippen LogP contribution in [0, 0.1) is 0 Å². The molecule has 0 radical (unpaired) electrons. The van der Waals surface area contributed by atoms with Gasteiger partial charge in [-0.3, -0.25) is 0 Å². The van der Waals surface area contributed by atoms with Gasteiger partial charge in [0, 0.05) is 22.3 Å². The summed E-state index contributed by atoms with van der Waals surface area (Å²) in [6.45, 7) is -0.0698. The van der Waals surface area contributed by atoms with E-state index in [0.29, 0.717) is 8.95 Å². The predicted molar refractivity (Wildman–Crippen MR) is 67.4 cm³/mol. The highest BCUT2D eigenvalue weighted by Gasteiger charge is 2.20. The van der Waals surface area contributed by atoms with E-state index in [1.807, 2.05) is 0 Å². The summed E-state index contributed by atoms with van der Waals surface area (Å²) in [7, 11) is 2.85. The van der Waals surface area contributed by atoms with Gasteiger partial charge in [0.15, 0.2) is 12.5 Å². The van der Waals surface area contributed by atoms with Crippen LogP contribution >= 0.6 is 42.5 Å². The molecular formula is C8H7Br2ClO4S. The molecule has 0 fully saturated rings. The Kier molecular flexibility index (Phi) is 5.06. The van der Waals surface area contributed by atoms with Crippen LogP contribution in [0.5, 0.6) is 5.75 Å². The zero-order chi connectivity index (χ0) is 12.3. The van der Waals surface area contributed by atoms with E-state index < -0.39 is 9.05 Å². The predicted octanol–water partition coefficient (Wildman–Crippen LogP) is 3.12. The first-order chi connectivity index (χ1) is 7.36. The fraction of sp³-hybridized carbons (Fsp3) is 0.250. The lowest BCUT2D eigenvalue weighted by molar-refractivity contribution is 0.0485. The number of ether oxygens (including phenoxy) is 2. The standard InChI is InChI=1S/C8H7Br2ClO4S/c1-14-4-15-8-6(10)2-5(9)3-7(8)16(11,12)13/h2-3H,4H2,1H3. The molecule has 1 aromatic carbocycles.